The highest BCUT2D eigenvalue weighted by Gasteiger charge is 2.47. The molecule has 0 aliphatic heterocycles. The van der Waals surface area contributed by atoms with E-state index < -0.39 is 15.9 Å². The summed E-state index contributed by atoms with van der Waals surface area (Å²) in [6.45, 7) is 16.9. The Morgan fingerprint density at radius 1 is 0.870 bits per heavy atom. The maximum atomic E-state index is 10.9. The number of rotatable bonds is 8. The smallest absolute Gasteiger partial charge is 0.321 e. The summed E-state index contributed by atoms with van der Waals surface area (Å²) in [5, 5.41) is 0. The molecule has 0 aliphatic carbocycles. The van der Waals surface area contributed by atoms with Crippen LogP contribution in [0.1, 0.15) is 55.4 Å². The van der Waals surface area contributed by atoms with Crippen LogP contribution in [0.5, 0.6) is 11.5 Å². The Balaban J connectivity index is 2.96. The van der Waals surface area contributed by atoms with Gasteiger partial charge in [-0.05, 0) is 39.8 Å². The summed E-state index contributed by atoms with van der Waals surface area (Å²) in [5.41, 5.74) is 1.22. The second-order valence-electron chi connectivity index (χ2n) is 7.06. The van der Waals surface area contributed by atoms with Gasteiger partial charge in [0.25, 0.3) is 0 Å². The highest BCUT2D eigenvalue weighted by molar-refractivity contribution is 7.67. The molecular weight excluding hydrogens is 326 g/mol. The molecule has 1 aromatic carbocycles. The Labute approximate surface area is 144 Å². The topological polar surface area (TPSA) is 38.7 Å². The van der Waals surface area contributed by atoms with Crippen LogP contribution >= 0.6 is 15.9 Å². The molecule has 0 fully saturated rings. The molecule has 0 aromatic heterocycles. The normalized spacial score (nSPS) is 12.8. The lowest BCUT2D eigenvalue weighted by Gasteiger charge is -2.27. The predicted octanol–water partition coefficient (Wildman–Crippen LogP) is 6.31. The fraction of sp³-hybridized carbons (Fsp3) is 0.667. The molecule has 0 aliphatic rings. The van der Waals surface area contributed by atoms with E-state index in [1.165, 1.54) is 0 Å². The molecule has 3 nitrogen and oxygen atoms in total. The minimum atomic E-state index is -2.48. The Morgan fingerprint density at radius 2 is 1.35 bits per heavy atom. The van der Waals surface area contributed by atoms with Gasteiger partial charge in [0.1, 0.15) is 17.1 Å². The van der Waals surface area contributed by atoms with E-state index in [1.54, 1.807) is 0 Å². The van der Waals surface area contributed by atoms with Crippen LogP contribution in [0.25, 0.3) is 0 Å². The quantitative estimate of drug-likeness (QED) is 0.552. The summed E-state index contributed by atoms with van der Waals surface area (Å²) < 4.78 is 12.3. The Kier molecular flexibility index (Phi) is 7.78. The van der Waals surface area contributed by atoms with Crippen LogP contribution in [0, 0.1) is 0 Å². The molecule has 0 radical (unpaired) electrons. The molecule has 0 saturated carbocycles. The molecule has 0 atom stereocenters. The molecule has 23 heavy (non-hydrogen) atoms. The van der Waals surface area contributed by atoms with Crippen LogP contribution < -0.4 is 9.05 Å². The molecular formula is C18H33O3P2+. The maximum Gasteiger partial charge on any atom is 0.321 e. The van der Waals surface area contributed by atoms with Crippen molar-refractivity contribution in [3.63, 3.8) is 0 Å². The van der Waals surface area contributed by atoms with Crippen LogP contribution in [0.2, 0.25) is 0 Å². The van der Waals surface area contributed by atoms with E-state index >= 15 is 0 Å². The highest BCUT2D eigenvalue weighted by Crippen LogP contribution is 2.63. The molecule has 0 heterocycles. The van der Waals surface area contributed by atoms with E-state index in [2.05, 4.69) is 27.7 Å². The van der Waals surface area contributed by atoms with Crippen molar-refractivity contribution in [2.24, 2.45) is 0 Å². The van der Waals surface area contributed by atoms with Crippen molar-refractivity contribution in [3.8, 4) is 11.5 Å². The molecule has 1 N–H and O–H groups in total. The second-order valence-corrected chi connectivity index (χ2v) is 13.6. The number of hydrogen-bond acceptors (Lipinski definition) is 3. The lowest BCUT2D eigenvalue weighted by Crippen LogP contribution is -2.20. The SMILES string of the molecule is CC(C)P(Oc1cccc(O[P+](O)(C(C)C)C(C)C)c1)C(C)C. The molecule has 0 amide bonds. The summed E-state index contributed by atoms with van der Waals surface area (Å²) in [7, 11) is -3.01. The first-order chi connectivity index (χ1) is 10.6. The van der Waals surface area contributed by atoms with Crippen molar-refractivity contribution >= 4 is 15.9 Å². The highest BCUT2D eigenvalue weighted by atomic mass is 31.2. The minimum absolute atomic E-state index is 0.107. The summed E-state index contributed by atoms with van der Waals surface area (Å²) >= 11 is 0. The average molecular weight is 359 g/mol. The Hall–Kier alpha value is -0.360. The molecule has 5 heteroatoms. The van der Waals surface area contributed by atoms with Gasteiger partial charge in [0.15, 0.2) is 5.75 Å². The van der Waals surface area contributed by atoms with Gasteiger partial charge in [-0.3, -0.25) is 0 Å². The van der Waals surface area contributed by atoms with E-state index in [0.717, 1.165) is 5.75 Å². The van der Waals surface area contributed by atoms with E-state index in [4.69, 9.17) is 9.05 Å². The zero-order chi connectivity index (χ0) is 17.8. The van der Waals surface area contributed by atoms with E-state index in [9.17, 15) is 4.89 Å². The Morgan fingerprint density at radius 3 is 1.78 bits per heavy atom. The van der Waals surface area contributed by atoms with Gasteiger partial charge in [-0.15, -0.1) is 0 Å². The zero-order valence-corrected chi connectivity index (χ0v) is 17.6. The molecule has 1 rings (SSSR count). The largest absolute Gasteiger partial charge is 0.473 e. The van der Waals surface area contributed by atoms with Crippen LogP contribution in [0.15, 0.2) is 24.3 Å². The first-order valence-corrected chi connectivity index (χ1v) is 11.6. The molecule has 0 saturated heterocycles. The first-order valence-electron chi connectivity index (χ1n) is 8.45. The fourth-order valence-electron chi connectivity index (χ4n) is 2.49. The van der Waals surface area contributed by atoms with Crippen LogP contribution in [-0.4, -0.2) is 27.5 Å². The van der Waals surface area contributed by atoms with Crippen molar-refractivity contribution in [2.45, 2.75) is 78.0 Å². The van der Waals surface area contributed by atoms with Crippen molar-refractivity contribution in [2.75, 3.05) is 0 Å². The molecule has 132 valence electrons. The summed E-state index contributed by atoms with van der Waals surface area (Å²) in [6, 6.07) is 7.71. The molecule has 0 spiro atoms. The van der Waals surface area contributed by atoms with Gasteiger partial charge >= 0.3 is 7.72 Å². The molecule has 0 bridgehead atoms. The van der Waals surface area contributed by atoms with Crippen molar-refractivity contribution < 1.29 is 13.9 Å². The van der Waals surface area contributed by atoms with Crippen molar-refractivity contribution in [1.29, 1.82) is 0 Å². The third-order valence-electron chi connectivity index (χ3n) is 3.77. The predicted molar refractivity (Wildman–Crippen MR) is 104 cm³/mol. The monoisotopic (exact) mass is 359 g/mol. The summed E-state index contributed by atoms with van der Waals surface area (Å²) in [6.07, 6.45) is 0. The minimum Gasteiger partial charge on any atom is -0.473 e. The Bertz CT molecular complexity index is 471. The first kappa shape index (κ1) is 20.7. The summed E-state index contributed by atoms with van der Waals surface area (Å²) in [5.74, 6) is 1.53. The molecule has 0 unspecified atom stereocenters. The van der Waals surface area contributed by atoms with Gasteiger partial charge in [-0.2, -0.15) is 0 Å². The van der Waals surface area contributed by atoms with Gasteiger partial charge in [0.2, 0.25) is 0 Å². The van der Waals surface area contributed by atoms with Gasteiger partial charge in [0, 0.05) is 17.4 Å². The van der Waals surface area contributed by atoms with Gasteiger partial charge in [-0.1, -0.05) is 33.8 Å². The van der Waals surface area contributed by atoms with E-state index in [-0.39, 0.29) is 11.3 Å². The third-order valence-corrected chi connectivity index (χ3v) is 9.69. The van der Waals surface area contributed by atoms with Gasteiger partial charge in [0.05, 0.1) is 8.15 Å². The standard InChI is InChI=1S/C18H33O3P2/c1-13(2)22(14(3)4)20-17-10-9-11-18(12-17)21-23(19,15(5)6)16(7)8/h9-16,19H,1-8H3/q+1. The zero-order valence-electron chi connectivity index (χ0n) is 15.8. The lowest BCUT2D eigenvalue weighted by atomic mass is 10.3. The van der Waals surface area contributed by atoms with Gasteiger partial charge in [-0.25, -0.2) is 4.89 Å². The molecule has 1 aromatic rings. The second kappa shape index (κ2) is 8.65. The van der Waals surface area contributed by atoms with Crippen molar-refractivity contribution in [1.82, 2.24) is 0 Å². The van der Waals surface area contributed by atoms with E-state index in [1.807, 2.05) is 52.0 Å². The fourth-order valence-corrected chi connectivity index (χ4v) is 6.53. The number of hydrogen-bond donors (Lipinski definition) is 1. The van der Waals surface area contributed by atoms with E-state index in [0.29, 0.717) is 17.1 Å². The van der Waals surface area contributed by atoms with Crippen LogP contribution in [0.4, 0.5) is 0 Å². The maximum absolute atomic E-state index is 10.9. The third kappa shape index (κ3) is 5.59. The van der Waals surface area contributed by atoms with Crippen molar-refractivity contribution in [3.05, 3.63) is 24.3 Å². The average Bonchev–Trinajstić information content (AvgIpc) is 2.43. The lowest BCUT2D eigenvalue weighted by molar-refractivity contribution is 0.431. The van der Waals surface area contributed by atoms with Crippen LogP contribution in [0.3, 0.4) is 0 Å². The number of benzene rings is 1. The van der Waals surface area contributed by atoms with Crippen LogP contribution in [-0.2, 0) is 0 Å². The summed E-state index contributed by atoms with van der Waals surface area (Å²) in [4.78, 5) is 10.9. The van der Waals surface area contributed by atoms with Gasteiger partial charge < -0.3 is 9.05 Å².